The normalized spacial score (nSPS) is 21.5. The van der Waals surface area contributed by atoms with Gasteiger partial charge in [0, 0.05) is 6.20 Å². The second kappa shape index (κ2) is 6.68. The summed E-state index contributed by atoms with van der Waals surface area (Å²) < 4.78 is 12.2. The summed E-state index contributed by atoms with van der Waals surface area (Å²) in [6.07, 6.45) is 2.18. The summed E-state index contributed by atoms with van der Waals surface area (Å²) in [5, 5.41) is 8.69. The van der Waals surface area contributed by atoms with Gasteiger partial charge in [-0.3, -0.25) is 20.0 Å². The summed E-state index contributed by atoms with van der Waals surface area (Å²) in [5.74, 6) is -0.358. The molecule has 8 nitrogen and oxygen atoms in total. The number of nitrogens with zero attached hydrogens (tertiary/aromatic N) is 2. The van der Waals surface area contributed by atoms with Crippen molar-refractivity contribution in [3.05, 3.63) is 22.7 Å². The number of carbonyl (C=O) groups is 1. The zero-order valence-electron chi connectivity index (χ0n) is 12.0. The van der Waals surface area contributed by atoms with Gasteiger partial charge in [0.1, 0.15) is 12.8 Å². The molecular weight excluding hydrogens is 278 g/mol. The highest BCUT2D eigenvalue weighted by Gasteiger charge is 2.28. The fraction of sp³-hybridized carbons (Fsp3) is 0.615. The van der Waals surface area contributed by atoms with E-state index in [1.54, 1.807) is 13.8 Å². The van der Waals surface area contributed by atoms with E-state index >= 15 is 0 Å². The maximum Gasteiger partial charge on any atom is 0.351 e. The summed E-state index contributed by atoms with van der Waals surface area (Å²) in [6, 6.07) is 1.47. The van der Waals surface area contributed by atoms with Crippen LogP contribution in [0.15, 0.2) is 17.1 Å². The number of hydrogen-bond acceptors (Lipinski definition) is 7. The minimum Gasteiger partial charge on any atom is -0.463 e. The Bertz CT molecular complexity index is 557. The van der Waals surface area contributed by atoms with E-state index in [-0.39, 0.29) is 30.4 Å². The average molecular weight is 297 g/mol. The average Bonchev–Trinajstić information content (AvgIpc) is 2.92. The molecule has 2 rings (SSSR count). The monoisotopic (exact) mass is 297 g/mol. The molecule has 1 aromatic heterocycles. The van der Waals surface area contributed by atoms with Gasteiger partial charge in [0.25, 0.3) is 0 Å². The standard InChI is InChI=1S/C13H19N3O5/c1-8(2)12(17)20-7-9-3-4-11(21-9)16-6-5-10(15-19)14-13(16)18/h5-6,8-9,11,19H,3-4,7H2,1-2H3,(H,14,15,18)/t9?,11-/m1/s1. The number of rotatable bonds is 5. The lowest BCUT2D eigenvalue weighted by Gasteiger charge is -2.16. The maximum absolute atomic E-state index is 11.8. The Labute approximate surface area is 121 Å². The van der Waals surface area contributed by atoms with Crippen LogP contribution >= 0.6 is 0 Å². The van der Waals surface area contributed by atoms with E-state index in [0.717, 1.165) is 0 Å². The molecule has 0 radical (unpaired) electrons. The van der Waals surface area contributed by atoms with Crippen LogP contribution in [0, 0.1) is 5.92 Å². The molecule has 1 aromatic rings. The molecule has 1 fully saturated rings. The van der Waals surface area contributed by atoms with Crippen molar-refractivity contribution in [3.8, 4) is 0 Å². The van der Waals surface area contributed by atoms with E-state index in [2.05, 4.69) is 4.98 Å². The van der Waals surface area contributed by atoms with Crippen LogP contribution < -0.4 is 11.2 Å². The van der Waals surface area contributed by atoms with E-state index in [4.69, 9.17) is 14.7 Å². The van der Waals surface area contributed by atoms with E-state index < -0.39 is 11.9 Å². The molecule has 0 aromatic carbocycles. The van der Waals surface area contributed by atoms with Crippen molar-refractivity contribution >= 4 is 11.8 Å². The van der Waals surface area contributed by atoms with Crippen molar-refractivity contribution < 1.29 is 19.5 Å². The predicted molar refractivity (Wildman–Crippen MR) is 72.8 cm³/mol. The number of carbonyl (C=O) groups excluding carboxylic acids is 1. The van der Waals surface area contributed by atoms with E-state index in [1.165, 1.54) is 16.8 Å². The fourth-order valence-corrected chi connectivity index (χ4v) is 2.05. The van der Waals surface area contributed by atoms with Gasteiger partial charge in [0.05, 0.1) is 12.0 Å². The Kier molecular flexibility index (Phi) is 4.92. The molecule has 1 aliphatic heterocycles. The van der Waals surface area contributed by atoms with Crippen LogP contribution in [0.1, 0.15) is 32.9 Å². The van der Waals surface area contributed by atoms with Crippen LogP contribution in [0.5, 0.6) is 0 Å². The van der Waals surface area contributed by atoms with Crippen LogP contribution in [0.3, 0.4) is 0 Å². The van der Waals surface area contributed by atoms with Crippen molar-refractivity contribution in [1.29, 1.82) is 0 Å². The zero-order valence-corrected chi connectivity index (χ0v) is 12.0. The van der Waals surface area contributed by atoms with Crippen LogP contribution in [0.2, 0.25) is 0 Å². The van der Waals surface area contributed by atoms with Crippen LogP contribution in [-0.2, 0) is 14.3 Å². The molecule has 116 valence electrons. The third-order valence-corrected chi connectivity index (χ3v) is 3.22. The first-order valence-electron chi connectivity index (χ1n) is 6.82. The van der Waals surface area contributed by atoms with Crippen LogP contribution in [0.4, 0.5) is 5.82 Å². The summed E-state index contributed by atoms with van der Waals surface area (Å²) in [5.41, 5.74) is 1.30. The summed E-state index contributed by atoms with van der Waals surface area (Å²) in [4.78, 5) is 26.8. The molecule has 2 atom stereocenters. The molecular formula is C13H19N3O5. The van der Waals surface area contributed by atoms with Crippen molar-refractivity contribution in [3.63, 3.8) is 0 Å². The first-order valence-corrected chi connectivity index (χ1v) is 6.82. The first kappa shape index (κ1) is 15.5. The predicted octanol–water partition coefficient (Wildman–Crippen LogP) is 0.921. The van der Waals surface area contributed by atoms with Gasteiger partial charge in [-0.25, -0.2) is 4.79 Å². The first-order chi connectivity index (χ1) is 10.0. The molecule has 0 saturated carbocycles. The molecule has 0 spiro atoms. The van der Waals surface area contributed by atoms with Gasteiger partial charge >= 0.3 is 11.7 Å². The number of ether oxygens (including phenoxy) is 2. The minimum atomic E-state index is -0.515. The number of nitrogens with one attached hydrogen (secondary N) is 1. The van der Waals surface area contributed by atoms with E-state index in [1.807, 2.05) is 5.48 Å². The van der Waals surface area contributed by atoms with Gasteiger partial charge in [-0.2, -0.15) is 4.98 Å². The smallest absolute Gasteiger partial charge is 0.351 e. The molecule has 8 heteroatoms. The Hall–Kier alpha value is -1.93. The highest BCUT2D eigenvalue weighted by molar-refractivity contribution is 5.71. The zero-order chi connectivity index (χ0) is 15.4. The van der Waals surface area contributed by atoms with Gasteiger partial charge in [0.15, 0.2) is 5.82 Å². The SMILES string of the molecule is CC(C)C(=O)OCC1CC[C@H](n2ccc(NO)nc2=O)O1. The third kappa shape index (κ3) is 3.79. The lowest BCUT2D eigenvalue weighted by molar-refractivity contribution is -0.152. The molecule has 2 heterocycles. The molecule has 1 aliphatic rings. The fourth-order valence-electron chi connectivity index (χ4n) is 2.05. The molecule has 21 heavy (non-hydrogen) atoms. The van der Waals surface area contributed by atoms with Crippen LogP contribution in [-0.4, -0.2) is 33.4 Å². The summed E-state index contributed by atoms with van der Waals surface area (Å²) in [6.45, 7) is 3.72. The molecule has 2 N–H and O–H groups in total. The van der Waals surface area contributed by atoms with Crippen LogP contribution in [0.25, 0.3) is 0 Å². The number of anilines is 1. The van der Waals surface area contributed by atoms with Crippen molar-refractivity contribution in [2.75, 3.05) is 12.1 Å². The second-order valence-corrected chi connectivity index (χ2v) is 5.19. The Balaban J connectivity index is 1.93. The van der Waals surface area contributed by atoms with Gasteiger partial charge < -0.3 is 9.47 Å². The van der Waals surface area contributed by atoms with E-state index in [0.29, 0.717) is 12.8 Å². The third-order valence-electron chi connectivity index (χ3n) is 3.22. The van der Waals surface area contributed by atoms with Crippen molar-refractivity contribution in [1.82, 2.24) is 9.55 Å². The lowest BCUT2D eigenvalue weighted by Crippen LogP contribution is -2.28. The largest absolute Gasteiger partial charge is 0.463 e. The topological polar surface area (TPSA) is 103 Å². The van der Waals surface area contributed by atoms with Crippen molar-refractivity contribution in [2.24, 2.45) is 5.92 Å². The van der Waals surface area contributed by atoms with Gasteiger partial charge in [0.2, 0.25) is 0 Å². The Morgan fingerprint density at radius 1 is 1.62 bits per heavy atom. The maximum atomic E-state index is 11.8. The molecule has 0 amide bonds. The highest BCUT2D eigenvalue weighted by atomic mass is 16.6. The minimum absolute atomic E-state index is 0.0802. The Morgan fingerprint density at radius 2 is 2.38 bits per heavy atom. The molecule has 0 aliphatic carbocycles. The lowest BCUT2D eigenvalue weighted by atomic mass is 10.2. The summed E-state index contributed by atoms with van der Waals surface area (Å²) >= 11 is 0. The number of hydrogen-bond donors (Lipinski definition) is 2. The molecule has 1 saturated heterocycles. The van der Waals surface area contributed by atoms with Gasteiger partial charge in [-0.05, 0) is 18.9 Å². The highest BCUT2D eigenvalue weighted by Crippen LogP contribution is 2.27. The van der Waals surface area contributed by atoms with Gasteiger partial charge in [-0.1, -0.05) is 13.8 Å². The number of aromatic nitrogens is 2. The number of esters is 1. The quantitative estimate of drug-likeness (QED) is 0.615. The second-order valence-electron chi connectivity index (χ2n) is 5.19. The summed E-state index contributed by atoms with van der Waals surface area (Å²) in [7, 11) is 0. The molecule has 0 bridgehead atoms. The van der Waals surface area contributed by atoms with E-state index in [9.17, 15) is 9.59 Å². The Morgan fingerprint density at radius 3 is 3.00 bits per heavy atom. The van der Waals surface area contributed by atoms with Gasteiger partial charge in [-0.15, -0.1) is 0 Å². The van der Waals surface area contributed by atoms with Crippen molar-refractivity contribution in [2.45, 2.75) is 39.0 Å². The molecule has 1 unspecified atom stereocenters.